The van der Waals surface area contributed by atoms with Crippen LogP contribution in [0.15, 0.2) is 53.3 Å². The second-order valence-electron chi connectivity index (χ2n) is 7.08. The van der Waals surface area contributed by atoms with E-state index in [1.807, 2.05) is 29.3 Å². The van der Waals surface area contributed by atoms with E-state index in [4.69, 9.17) is 4.42 Å². The second kappa shape index (κ2) is 7.20. The number of rotatable bonds is 5. The normalized spacial score (nSPS) is 16.3. The van der Waals surface area contributed by atoms with Gasteiger partial charge >= 0.3 is 0 Å². The van der Waals surface area contributed by atoms with Gasteiger partial charge in [-0.15, -0.1) is 0 Å². The molecule has 0 spiro atoms. The van der Waals surface area contributed by atoms with E-state index in [1.54, 1.807) is 6.26 Å². The molecule has 0 aliphatic heterocycles. The molecule has 1 atom stereocenters. The second-order valence-corrected chi connectivity index (χ2v) is 7.08. The van der Waals surface area contributed by atoms with E-state index >= 15 is 0 Å². The lowest BCUT2D eigenvalue weighted by molar-refractivity contribution is -0.137. The molecule has 1 aliphatic carbocycles. The average Bonchev–Trinajstić information content (AvgIpc) is 3.31. The van der Waals surface area contributed by atoms with Crippen LogP contribution in [0, 0.1) is 12.8 Å². The molecule has 0 bridgehead atoms. The average molecular weight is 349 g/mol. The highest BCUT2D eigenvalue weighted by Gasteiger charge is 2.29. The van der Waals surface area contributed by atoms with Gasteiger partial charge in [0.15, 0.2) is 0 Å². The fourth-order valence-electron chi connectivity index (χ4n) is 3.72. The molecule has 4 rings (SSSR count). The number of nitrogens with one attached hydrogen (secondary N) is 1. The van der Waals surface area contributed by atoms with Crippen LogP contribution in [0.2, 0.25) is 0 Å². The van der Waals surface area contributed by atoms with Crippen LogP contribution in [0.5, 0.6) is 0 Å². The maximum absolute atomic E-state index is 13.3. The van der Waals surface area contributed by atoms with Gasteiger partial charge in [0, 0.05) is 18.2 Å². The lowest BCUT2D eigenvalue weighted by Gasteiger charge is -2.29. The summed E-state index contributed by atoms with van der Waals surface area (Å²) in [5.74, 6) is 1.00. The van der Waals surface area contributed by atoms with Gasteiger partial charge in [0.2, 0.25) is 5.91 Å². The summed E-state index contributed by atoms with van der Waals surface area (Å²) >= 11 is 0. The fourth-order valence-corrected chi connectivity index (χ4v) is 3.72. The Morgan fingerprint density at radius 2 is 2.23 bits per heavy atom. The van der Waals surface area contributed by atoms with Crippen molar-refractivity contribution in [1.82, 2.24) is 15.1 Å². The molecule has 0 saturated heterocycles. The van der Waals surface area contributed by atoms with Crippen molar-refractivity contribution in [3.8, 4) is 0 Å². The Bertz CT molecular complexity index is 882. The molecule has 5 nitrogen and oxygen atoms in total. The summed E-state index contributed by atoms with van der Waals surface area (Å²) in [6.07, 6.45) is 6.00. The topological polar surface area (TPSA) is 62.1 Å². The van der Waals surface area contributed by atoms with Crippen molar-refractivity contribution >= 4 is 5.91 Å². The van der Waals surface area contributed by atoms with Crippen LogP contribution in [0.3, 0.4) is 0 Å². The number of fused-ring (bicyclic) bond motifs is 1. The summed E-state index contributed by atoms with van der Waals surface area (Å²) < 4.78 is 5.50. The molecule has 1 N–H and O–H groups in total. The number of furan rings is 1. The molecule has 0 saturated carbocycles. The number of carbonyl (C=O) groups is 1. The maximum atomic E-state index is 13.3. The molecule has 3 aromatic rings. The molecular formula is C21H23N3O2. The summed E-state index contributed by atoms with van der Waals surface area (Å²) in [5.41, 5.74) is 4.69. The molecule has 2 aromatic heterocycles. The number of nitrogens with zero attached hydrogens (tertiary/aromatic N) is 2. The smallest absolute Gasteiger partial charge is 0.226 e. The van der Waals surface area contributed by atoms with E-state index in [9.17, 15) is 4.79 Å². The third-order valence-corrected chi connectivity index (χ3v) is 5.06. The predicted octanol–water partition coefficient (Wildman–Crippen LogP) is 3.65. The fraction of sp³-hybridized carbons (Fsp3) is 0.333. The predicted molar refractivity (Wildman–Crippen MR) is 98.2 cm³/mol. The highest BCUT2D eigenvalue weighted by molar-refractivity contribution is 5.79. The Balaban J connectivity index is 1.54. The number of amides is 1. The Morgan fingerprint density at radius 3 is 3.04 bits per heavy atom. The number of hydrogen-bond donors (Lipinski definition) is 1. The largest absolute Gasteiger partial charge is 0.467 e. The molecule has 1 amide bonds. The van der Waals surface area contributed by atoms with Crippen LogP contribution in [0.4, 0.5) is 0 Å². The number of aryl methyl sites for hydroxylation is 2. The van der Waals surface area contributed by atoms with Crippen LogP contribution in [0.1, 0.15) is 34.6 Å². The minimum Gasteiger partial charge on any atom is -0.467 e. The zero-order chi connectivity index (χ0) is 17.9. The molecule has 1 aromatic carbocycles. The number of H-pyrrole nitrogens is 1. The number of aromatic amines is 1. The van der Waals surface area contributed by atoms with Gasteiger partial charge < -0.3 is 9.32 Å². The van der Waals surface area contributed by atoms with Crippen LogP contribution in [-0.2, 0) is 30.7 Å². The third-order valence-electron chi connectivity index (χ3n) is 5.06. The Hall–Kier alpha value is -2.82. The summed E-state index contributed by atoms with van der Waals surface area (Å²) in [4.78, 5) is 15.2. The molecule has 26 heavy (non-hydrogen) atoms. The van der Waals surface area contributed by atoms with E-state index in [0.717, 1.165) is 30.6 Å². The first-order valence-corrected chi connectivity index (χ1v) is 9.07. The minimum atomic E-state index is -0.000119. The molecule has 134 valence electrons. The number of aromatic nitrogens is 2. The van der Waals surface area contributed by atoms with Crippen molar-refractivity contribution in [1.29, 1.82) is 0 Å². The third kappa shape index (κ3) is 3.57. The van der Waals surface area contributed by atoms with Gasteiger partial charge in [-0.3, -0.25) is 9.89 Å². The van der Waals surface area contributed by atoms with E-state index in [2.05, 4.69) is 35.3 Å². The van der Waals surface area contributed by atoms with Gasteiger partial charge in [0.25, 0.3) is 0 Å². The standard InChI is InChI=1S/C21H23N3O2/c1-15-4-2-5-16(10-15)13-24(14-19-6-3-9-26-19)21(25)17-7-8-20-18(11-17)12-22-23-20/h2-6,9-10,12,17H,7-8,11,13-14H2,1H3,(H,22,23). The lowest BCUT2D eigenvalue weighted by Crippen LogP contribution is -2.37. The summed E-state index contributed by atoms with van der Waals surface area (Å²) in [6.45, 7) is 3.16. The number of benzene rings is 1. The van der Waals surface area contributed by atoms with E-state index in [-0.39, 0.29) is 11.8 Å². The van der Waals surface area contributed by atoms with Gasteiger partial charge in [-0.2, -0.15) is 5.10 Å². The quantitative estimate of drug-likeness (QED) is 0.765. The maximum Gasteiger partial charge on any atom is 0.226 e. The van der Waals surface area contributed by atoms with Gasteiger partial charge in [-0.05, 0) is 49.4 Å². The molecule has 0 fully saturated rings. The van der Waals surface area contributed by atoms with E-state index < -0.39 is 0 Å². The monoisotopic (exact) mass is 349 g/mol. The molecule has 5 heteroatoms. The van der Waals surface area contributed by atoms with Crippen molar-refractivity contribution in [2.24, 2.45) is 5.92 Å². The van der Waals surface area contributed by atoms with Gasteiger partial charge in [0.05, 0.1) is 19.0 Å². The Kier molecular flexibility index (Phi) is 4.61. The van der Waals surface area contributed by atoms with E-state index in [0.29, 0.717) is 13.1 Å². The SMILES string of the molecule is Cc1cccc(CN(Cc2ccco2)C(=O)C2CCc3[nH]ncc3C2)c1. The molecule has 0 radical (unpaired) electrons. The number of carbonyl (C=O) groups excluding carboxylic acids is 1. The highest BCUT2D eigenvalue weighted by Crippen LogP contribution is 2.26. The van der Waals surface area contributed by atoms with Crippen molar-refractivity contribution in [3.63, 3.8) is 0 Å². The van der Waals surface area contributed by atoms with Crippen LogP contribution in [-0.4, -0.2) is 21.0 Å². The van der Waals surface area contributed by atoms with Gasteiger partial charge in [0.1, 0.15) is 5.76 Å². The van der Waals surface area contributed by atoms with Crippen molar-refractivity contribution < 1.29 is 9.21 Å². The molecule has 1 aliphatic rings. The first-order chi connectivity index (χ1) is 12.7. The summed E-state index contributed by atoms with van der Waals surface area (Å²) in [5, 5.41) is 7.15. The molecule has 2 heterocycles. The molecule has 1 unspecified atom stereocenters. The minimum absolute atomic E-state index is 0.000119. The first-order valence-electron chi connectivity index (χ1n) is 9.07. The van der Waals surface area contributed by atoms with E-state index in [1.165, 1.54) is 16.8 Å². The summed E-state index contributed by atoms with van der Waals surface area (Å²) in [7, 11) is 0. The summed E-state index contributed by atoms with van der Waals surface area (Å²) in [6, 6.07) is 12.1. The first kappa shape index (κ1) is 16.6. The van der Waals surface area contributed by atoms with Crippen molar-refractivity contribution in [2.45, 2.75) is 39.3 Å². The Morgan fingerprint density at radius 1 is 1.31 bits per heavy atom. The van der Waals surface area contributed by atoms with Gasteiger partial charge in [-0.1, -0.05) is 29.8 Å². The van der Waals surface area contributed by atoms with Gasteiger partial charge in [-0.25, -0.2) is 0 Å². The van der Waals surface area contributed by atoms with Crippen LogP contribution in [0.25, 0.3) is 0 Å². The van der Waals surface area contributed by atoms with Crippen LogP contribution < -0.4 is 0 Å². The zero-order valence-corrected chi connectivity index (χ0v) is 14.9. The zero-order valence-electron chi connectivity index (χ0n) is 14.9. The van der Waals surface area contributed by atoms with Crippen molar-refractivity contribution in [2.75, 3.05) is 0 Å². The van der Waals surface area contributed by atoms with Crippen molar-refractivity contribution in [3.05, 3.63) is 77.0 Å². The number of hydrogen-bond acceptors (Lipinski definition) is 3. The van der Waals surface area contributed by atoms with Crippen LogP contribution >= 0.6 is 0 Å². The molecular weight excluding hydrogens is 326 g/mol. The Labute approximate surface area is 153 Å². The highest BCUT2D eigenvalue weighted by atomic mass is 16.3. The lowest BCUT2D eigenvalue weighted by atomic mass is 9.86.